The van der Waals surface area contributed by atoms with Crippen LogP contribution in [0.15, 0.2) is 35.0 Å². The summed E-state index contributed by atoms with van der Waals surface area (Å²) in [6.07, 6.45) is 7.55. The van der Waals surface area contributed by atoms with E-state index in [0.717, 1.165) is 24.2 Å². The molecule has 4 rings (SSSR count). The minimum atomic E-state index is -0.419. The molecule has 0 saturated heterocycles. The average Bonchev–Trinajstić information content (AvgIpc) is 2.90. The van der Waals surface area contributed by atoms with Crippen molar-refractivity contribution < 1.29 is 4.79 Å². The molecule has 3 heterocycles. The number of dihydropyridines is 1. The number of aromatic nitrogens is 1. The summed E-state index contributed by atoms with van der Waals surface area (Å²) in [7, 11) is 0. The van der Waals surface area contributed by atoms with Gasteiger partial charge in [-0.2, -0.15) is 0 Å². The fraction of sp³-hybridized carbons (Fsp3) is 0.400. The van der Waals surface area contributed by atoms with Crippen LogP contribution in [0.1, 0.15) is 25.3 Å². The van der Waals surface area contributed by atoms with E-state index in [1.165, 1.54) is 5.57 Å². The SMILES string of the molecule is CC1=CC2CC3(CC2N=C1)C(=O)Nc1ncccc13. The van der Waals surface area contributed by atoms with E-state index in [9.17, 15) is 4.79 Å². The lowest BCUT2D eigenvalue weighted by molar-refractivity contribution is -0.120. The molecule has 0 radical (unpaired) electrons. The fourth-order valence-corrected chi connectivity index (χ4v) is 3.70. The standard InChI is InChI=1S/C15H15N3O/c1-9-5-10-6-15(7-12(10)17-8-9)11-3-2-4-16-13(11)18-14(15)19/h2-5,8,10,12H,6-7H2,1H3,(H,16,18,19). The highest BCUT2D eigenvalue weighted by molar-refractivity contribution is 6.05. The molecule has 0 bridgehead atoms. The van der Waals surface area contributed by atoms with Gasteiger partial charge in [-0.25, -0.2) is 4.98 Å². The quantitative estimate of drug-likeness (QED) is 0.769. The van der Waals surface area contributed by atoms with Crippen molar-refractivity contribution in [3.8, 4) is 0 Å². The number of nitrogens with zero attached hydrogens (tertiary/aromatic N) is 2. The van der Waals surface area contributed by atoms with Crippen molar-refractivity contribution in [2.24, 2.45) is 10.9 Å². The van der Waals surface area contributed by atoms with Gasteiger partial charge in [0.15, 0.2) is 0 Å². The average molecular weight is 253 g/mol. The second-order valence-electron chi connectivity index (χ2n) is 5.76. The van der Waals surface area contributed by atoms with E-state index in [2.05, 4.69) is 28.3 Å². The van der Waals surface area contributed by atoms with Crippen LogP contribution in [0.3, 0.4) is 0 Å². The molecule has 2 aliphatic heterocycles. The van der Waals surface area contributed by atoms with Gasteiger partial charge in [-0.3, -0.25) is 9.79 Å². The normalized spacial score (nSPS) is 35.0. The first-order chi connectivity index (χ1) is 9.19. The summed E-state index contributed by atoms with van der Waals surface area (Å²) in [5, 5.41) is 2.93. The summed E-state index contributed by atoms with van der Waals surface area (Å²) >= 11 is 0. The molecule has 1 aromatic rings. The molecule has 96 valence electrons. The summed E-state index contributed by atoms with van der Waals surface area (Å²) < 4.78 is 0. The van der Waals surface area contributed by atoms with Crippen LogP contribution in [0.25, 0.3) is 0 Å². The predicted octanol–water partition coefficient (Wildman–Crippen LogP) is 2.08. The highest BCUT2D eigenvalue weighted by Gasteiger charge is 2.55. The number of allylic oxidation sites excluding steroid dienone is 1. The first kappa shape index (κ1) is 10.9. The molecular formula is C15H15N3O. The molecule has 3 atom stereocenters. The zero-order chi connectivity index (χ0) is 13.0. The number of carbonyl (C=O) groups is 1. The molecule has 3 unspecified atom stereocenters. The fourth-order valence-electron chi connectivity index (χ4n) is 3.70. The second-order valence-corrected chi connectivity index (χ2v) is 5.76. The third-order valence-corrected chi connectivity index (χ3v) is 4.57. The first-order valence-electron chi connectivity index (χ1n) is 6.68. The molecule has 1 spiro atoms. The van der Waals surface area contributed by atoms with E-state index in [1.54, 1.807) is 6.20 Å². The Balaban J connectivity index is 1.81. The number of rotatable bonds is 0. The molecule has 1 aromatic heterocycles. The summed E-state index contributed by atoms with van der Waals surface area (Å²) in [5.41, 5.74) is 1.83. The maximum absolute atomic E-state index is 12.5. The Morgan fingerprint density at radius 2 is 2.32 bits per heavy atom. The lowest BCUT2D eigenvalue weighted by atomic mass is 9.80. The lowest BCUT2D eigenvalue weighted by Crippen LogP contribution is -2.32. The number of pyridine rings is 1. The number of carbonyl (C=O) groups excluding carboxylic acids is 1. The van der Waals surface area contributed by atoms with Crippen LogP contribution in [0.4, 0.5) is 5.82 Å². The van der Waals surface area contributed by atoms with Crippen LogP contribution in [-0.4, -0.2) is 23.1 Å². The van der Waals surface area contributed by atoms with E-state index in [4.69, 9.17) is 0 Å². The molecule has 1 fully saturated rings. The van der Waals surface area contributed by atoms with Gasteiger partial charge in [-0.1, -0.05) is 12.1 Å². The zero-order valence-electron chi connectivity index (χ0n) is 10.8. The molecular weight excluding hydrogens is 238 g/mol. The van der Waals surface area contributed by atoms with Crippen LogP contribution in [0.5, 0.6) is 0 Å². The smallest absolute Gasteiger partial charge is 0.236 e. The lowest BCUT2D eigenvalue weighted by Gasteiger charge is -2.20. The number of hydrogen-bond donors (Lipinski definition) is 1. The van der Waals surface area contributed by atoms with Crippen molar-refractivity contribution in [1.82, 2.24) is 4.98 Å². The van der Waals surface area contributed by atoms with Gasteiger partial charge in [0.1, 0.15) is 5.82 Å². The third kappa shape index (κ3) is 1.37. The minimum absolute atomic E-state index is 0.0943. The minimum Gasteiger partial charge on any atom is -0.310 e. The van der Waals surface area contributed by atoms with Crippen molar-refractivity contribution in [3.05, 3.63) is 35.5 Å². The van der Waals surface area contributed by atoms with Crippen LogP contribution >= 0.6 is 0 Å². The molecule has 1 aliphatic carbocycles. The van der Waals surface area contributed by atoms with Crippen LogP contribution < -0.4 is 5.32 Å². The molecule has 4 heteroatoms. The molecule has 0 aromatic carbocycles. The van der Waals surface area contributed by atoms with Gasteiger partial charge in [0.25, 0.3) is 0 Å². The predicted molar refractivity (Wildman–Crippen MR) is 73.3 cm³/mol. The Bertz CT molecular complexity index is 634. The summed E-state index contributed by atoms with van der Waals surface area (Å²) in [6.45, 7) is 2.06. The summed E-state index contributed by atoms with van der Waals surface area (Å²) in [5.74, 6) is 1.20. The topological polar surface area (TPSA) is 54.4 Å². The van der Waals surface area contributed by atoms with Crippen LogP contribution in [-0.2, 0) is 10.2 Å². The van der Waals surface area contributed by atoms with E-state index >= 15 is 0 Å². The molecule has 1 saturated carbocycles. The molecule has 1 N–H and O–H groups in total. The molecule has 19 heavy (non-hydrogen) atoms. The monoisotopic (exact) mass is 253 g/mol. The number of nitrogens with one attached hydrogen (secondary N) is 1. The van der Waals surface area contributed by atoms with Crippen molar-refractivity contribution in [1.29, 1.82) is 0 Å². The Hall–Kier alpha value is -1.97. The van der Waals surface area contributed by atoms with Crippen molar-refractivity contribution >= 4 is 17.9 Å². The molecule has 1 amide bonds. The van der Waals surface area contributed by atoms with Gasteiger partial charge < -0.3 is 5.32 Å². The first-order valence-corrected chi connectivity index (χ1v) is 6.68. The van der Waals surface area contributed by atoms with Crippen molar-refractivity contribution in [2.45, 2.75) is 31.2 Å². The number of hydrogen-bond acceptors (Lipinski definition) is 3. The van der Waals surface area contributed by atoms with Crippen molar-refractivity contribution in [2.75, 3.05) is 5.32 Å². The van der Waals surface area contributed by atoms with Gasteiger partial charge in [0.2, 0.25) is 5.91 Å². The maximum atomic E-state index is 12.5. The van der Waals surface area contributed by atoms with E-state index in [-0.39, 0.29) is 11.9 Å². The largest absolute Gasteiger partial charge is 0.310 e. The summed E-state index contributed by atoms with van der Waals surface area (Å²) in [4.78, 5) is 21.3. The molecule has 3 aliphatic rings. The number of anilines is 1. The Kier molecular flexibility index (Phi) is 2.03. The highest BCUT2D eigenvalue weighted by atomic mass is 16.2. The zero-order valence-corrected chi connectivity index (χ0v) is 10.8. The number of aliphatic imine (C=N–C) groups is 1. The Morgan fingerprint density at radius 3 is 3.21 bits per heavy atom. The number of amides is 1. The van der Waals surface area contributed by atoms with Gasteiger partial charge in [-0.05, 0) is 31.4 Å². The van der Waals surface area contributed by atoms with E-state index < -0.39 is 5.41 Å². The third-order valence-electron chi connectivity index (χ3n) is 4.57. The van der Waals surface area contributed by atoms with Crippen molar-refractivity contribution in [3.63, 3.8) is 0 Å². The highest BCUT2D eigenvalue weighted by Crippen LogP contribution is 2.52. The van der Waals surface area contributed by atoms with Gasteiger partial charge >= 0.3 is 0 Å². The number of fused-ring (bicyclic) bond motifs is 3. The molecule has 4 nitrogen and oxygen atoms in total. The maximum Gasteiger partial charge on any atom is 0.236 e. The van der Waals surface area contributed by atoms with Gasteiger partial charge in [-0.15, -0.1) is 0 Å². The summed E-state index contributed by atoms with van der Waals surface area (Å²) in [6, 6.07) is 4.17. The Morgan fingerprint density at radius 1 is 1.42 bits per heavy atom. The van der Waals surface area contributed by atoms with Gasteiger partial charge in [0, 0.05) is 23.9 Å². The Labute approximate surface area is 111 Å². The van der Waals surface area contributed by atoms with Gasteiger partial charge in [0.05, 0.1) is 11.5 Å². The van der Waals surface area contributed by atoms with Crippen LogP contribution in [0, 0.1) is 5.92 Å². The van der Waals surface area contributed by atoms with E-state index in [0.29, 0.717) is 5.92 Å². The van der Waals surface area contributed by atoms with E-state index in [1.807, 2.05) is 18.3 Å². The van der Waals surface area contributed by atoms with Crippen LogP contribution in [0.2, 0.25) is 0 Å². The second kappa shape index (κ2) is 3.53.